The maximum atomic E-state index is 3.93. The van der Waals surface area contributed by atoms with E-state index < -0.39 is 0 Å². The number of nitrogens with zero attached hydrogens (tertiary/aromatic N) is 2. The molecule has 0 spiro atoms. The third-order valence-corrected chi connectivity index (χ3v) is 4.58. The average molecular weight is 581 g/mol. The Kier molecular flexibility index (Phi) is 52.3. The minimum atomic E-state index is 0.884. The van der Waals surface area contributed by atoms with Gasteiger partial charge in [0.2, 0.25) is 0 Å². The molecule has 0 atom stereocenters. The molecular formula is C40H72N2. The van der Waals surface area contributed by atoms with E-state index in [0.717, 1.165) is 11.5 Å². The van der Waals surface area contributed by atoms with E-state index in [4.69, 9.17) is 0 Å². The first-order chi connectivity index (χ1) is 19.7. The topological polar surface area (TPSA) is 24.7 Å². The number of benzene rings is 2. The van der Waals surface area contributed by atoms with Crippen molar-refractivity contribution in [3.8, 4) is 0 Å². The molecule has 0 saturated carbocycles. The van der Waals surface area contributed by atoms with Crippen LogP contribution in [0.4, 0.5) is 0 Å². The molecule has 2 rings (SSSR count). The zero-order chi connectivity index (χ0) is 34.5. The zero-order valence-electron chi connectivity index (χ0n) is 31.1. The lowest BCUT2D eigenvalue weighted by Gasteiger charge is -2.05. The summed E-state index contributed by atoms with van der Waals surface area (Å²) in [6.45, 7) is 43.1. The third kappa shape index (κ3) is 46.8. The first-order valence-electron chi connectivity index (χ1n) is 15.4. The number of aryl methyl sites for hydroxylation is 3. The van der Waals surface area contributed by atoms with Crippen LogP contribution in [0.1, 0.15) is 123 Å². The van der Waals surface area contributed by atoms with Gasteiger partial charge in [0.15, 0.2) is 0 Å². The fraction of sp³-hybridized carbons (Fsp3) is 0.500. The lowest BCUT2D eigenvalue weighted by atomic mass is 10.0. The summed E-state index contributed by atoms with van der Waals surface area (Å²) in [6, 6.07) is 15.0. The smallest absolute Gasteiger partial charge is 0.0269 e. The van der Waals surface area contributed by atoms with E-state index in [2.05, 4.69) is 168 Å². The molecule has 0 amide bonds. The van der Waals surface area contributed by atoms with Crippen LogP contribution in [0.25, 0.3) is 11.1 Å². The second-order valence-corrected chi connectivity index (χ2v) is 10.2. The van der Waals surface area contributed by atoms with Crippen molar-refractivity contribution in [1.82, 2.24) is 0 Å². The molecule has 242 valence electrons. The van der Waals surface area contributed by atoms with E-state index in [0.29, 0.717) is 0 Å². The summed E-state index contributed by atoms with van der Waals surface area (Å²) in [4.78, 5) is 6.50. The first kappa shape index (κ1) is 51.7. The lowest BCUT2D eigenvalue weighted by Crippen LogP contribution is -1.85. The van der Waals surface area contributed by atoms with Crippen LogP contribution in [0, 0.1) is 26.7 Å². The van der Waals surface area contributed by atoms with Crippen LogP contribution < -0.4 is 0 Å². The maximum Gasteiger partial charge on any atom is 0.0269 e. The van der Waals surface area contributed by atoms with Gasteiger partial charge in [-0.05, 0) is 90.1 Å². The Balaban J connectivity index is -0.0000000967. The van der Waals surface area contributed by atoms with Crippen LogP contribution >= 0.6 is 0 Å². The van der Waals surface area contributed by atoms with Crippen molar-refractivity contribution in [2.45, 2.75) is 116 Å². The second-order valence-electron chi connectivity index (χ2n) is 10.2. The predicted molar refractivity (Wildman–Crippen MR) is 205 cm³/mol. The molecular weight excluding hydrogens is 508 g/mol. The summed E-state index contributed by atoms with van der Waals surface area (Å²) in [5.74, 6) is 0.884. The van der Waals surface area contributed by atoms with Crippen LogP contribution in [0.15, 0.2) is 77.8 Å². The molecule has 0 fully saturated rings. The molecule has 0 heterocycles. The van der Waals surface area contributed by atoms with E-state index in [-0.39, 0.29) is 0 Å². The molecule has 2 aromatic carbocycles. The normalized spacial score (nSPS) is 8.55. The minimum Gasteiger partial charge on any atom is -0.304 e. The summed E-state index contributed by atoms with van der Waals surface area (Å²) in [6.07, 6.45) is 7.69. The first-order valence-corrected chi connectivity index (χ1v) is 15.4. The van der Waals surface area contributed by atoms with Gasteiger partial charge in [0.05, 0.1) is 0 Å². The number of allylic oxidation sites excluding steroid dienone is 4. The van der Waals surface area contributed by atoms with Gasteiger partial charge in [-0.3, -0.25) is 0 Å². The van der Waals surface area contributed by atoms with Gasteiger partial charge in [0.25, 0.3) is 0 Å². The Bertz CT molecular complexity index is 885. The fourth-order valence-corrected chi connectivity index (χ4v) is 2.25. The van der Waals surface area contributed by atoms with E-state index >= 15 is 0 Å². The molecule has 2 aromatic rings. The van der Waals surface area contributed by atoms with Crippen molar-refractivity contribution in [2.24, 2.45) is 15.9 Å². The summed E-state index contributed by atoms with van der Waals surface area (Å²) < 4.78 is 0. The molecule has 0 aliphatic carbocycles. The summed E-state index contributed by atoms with van der Waals surface area (Å²) in [7, 11) is 3.28. The number of aliphatic imine (C=N–C) groups is 2. The largest absolute Gasteiger partial charge is 0.304 e. The van der Waals surface area contributed by atoms with Gasteiger partial charge in [-0.15, -0.1) is 6.58 Å². The quantitative estimate of drug-likeness (QED) is 0.255. The molecule has 0 unspecified atom stereocenters. The van der Waals surface area contributed by atoms with Gasteiger partial charge >= 0.3 is 0 Å². The van der Waals surface area contributed by atoms with Crippen molar-refractivity contribution in [1.29, 1.82) is 0 Å². The van der Waals surface area contributed by atoms with Crippen molar-refractivity contribution in [2.75, 3.05) is 14.1 Å². The Labute approximate surface area is 265 Å². The number of hydrogen-bond donors (Lipinski definition) is 0. The van der Waals surface area contributed by atoms with Crippen LogP contribution in [0.3, 0.4) is 0 Å². The summed E-state index contributed by atoms with van der Waals surface area (Å²) in [5.41, 5.74) is 9.03. The molecule has 0 aliphatic rings. The van der Waals surface area contributed by atoms with Crippen LogP contribution in [0.5, 0.6) is 0 Å². The molecule has 0 aromatic heterocycles. The Morgan fingerprint density at radius 1 is 0.786 bits per heavy atom. The SMILES string of the molecule is C/C=C(\C)c1cccc(C)c1.C=C(C)c1cc(C)ccc1C.C=CC.C=NC.C=NC.CCC.CCC.CCC(C)C. The highest BCUT2D eigenvalue weighted by atomic mass is 14.6. The third-order valence-electron chi connectivity index (χ3n) is 4.58. The van der Waals surface area contributed by atoms with Crippen molar-refractivity contribution >= 4 is 24.6 Å². The van der Waals surface area contributed by atoms with Crippen LogP contribution in [-0.4, -0.2) is 27.5 Å². The highest BCUT2D eigenvalue weighted by molar-refractivity contribution is 5.65. The van der Waals surface area contributed by atoms with Gasteiger partial charge in [0, 0.05) is 14.1 Å². The second kappa shape index (κ2) is 42.5. The lowest BCUT2D eigenvalue weighted by molar-refractivity contribution is 0.626. The van der Waals surface area contributed by atoms with E-state index in [9.17, 15) is 0 Å². The van der Waals surface area contributed by atoms with Crippen molar-refractivity contribution in [3.05, 3.63) is 95.6 Å². The highest BCUT2D eigenvalue weighted by Crippen LogP contribution is 2.17. The van der Waals surface area contributed by atoms with Gasteiger partial charge in [-0.2, -0.15) is 0 Å². The van der Waals surface area contributed by atoms with E-state index in [1.54, 1.807) is 20.2 Å². The average Bonchev–Trinajstić information content (AvgIpc) is 2.92. The zero-order valence-corrected chi connectivity index (χ0v) is 31.1. The fourth-order valence-electron chi connectivity index (χ4n) is 2.25. The molecule has 0 aliphatic heterocycles. The Hall–Kier alpha value is -3.00. The monoisotopic (exact) mass is 581 g/mol. The number of hydrogen-bond acceptors (Lipinski definition) is 2. The van der Waals surface area contributed by atoms with Crippen molar-refractivity contribution < 1.29 is 0 Å². The molecule has 2 heteroatoms. The van der Waals surface area contributed by atoms with Gasteiger partial charge in [-0.25, -0.2) is 0 Å². The van der Waals surface area contributed by atoms with Gasteiger partial charge in [-0.1, -0.05) is 146 Å². The van der Waals surface area contributed by atoms with E-state index in [1.165, 1.54) is 52.7 Å². The Morgan fingerprint density at radius 2 is 1.14 bits per heavy atom. The Morgan fingerprint density at radius 3 is 1.40 bits per heavy atom. The molecule has 2 nitrogen and oxygen atoms in total. The van der Waals surface area contributed by atoms with E-state index in [1.807, 2.05) is 13.8 Å². The van der Waals surface area contributed by atoms with Crippen LogP contribution in [-0.2, 0) is 0 Å². The molecule has 0 N–H and O–H groups in total. The van der Waals surface area contributed by atoms with Gasteiger partial charge < -0.3 is 9.98 Å². The molecule has 0 saturated heterocycles. The predicted octanol–water partition coefficient (Wildman–Crippen LogP) is 13.5. The summed E-state index contributed by atoms with van der Waals surface area (Å²) in [5, 5.41) is 0. The minimum absolute atomic E-state index is 0.884. The van der Waals surface area contributed by atoms with Crippen molar-refractivity contribution in [3.63, 3.8) is 0 Å². The molecule has 0 bridgehead atoms. The van der Waals surface area contributed by atoms with Crippen LogP contribution in [0.2, 0.25) is 0 Å². The number of rotatable bonds is 3. The summed E-state index contributed by atoms with van der Waals surface area (Å²) >= 11 is 0. The van der Waals surface area contributed by atoms with Gasteiger partial charge in [0.1, 0.15) is 0 Å². The molecule has 42 heavy (non-hydrogen) atoms. The standard InChI is InChI=1S/2C11H14.C5H12.2C3H8.C3H6.2C2H5N/c1-8(2)11-7-9(3)5-6-10(11)4;1-4-10(3)11-7-5-6-9(2)8-11;1-4-5(2)3;5*1-3-2/h5-7H,1H2,2-4H3;4-8H,1-3H3;5H,4H2,1-3H3;2*3H2,1-2H3;3H,1H2,2H3;2*1H2,2H3/b;10-4+;;;;;;. The highest BCUT2D eigenvalue weighted by Gasteiger charge is 1.97. The molecule has 0 radical (unpaired) electrons. The maximum absolute atomic E-state index is 3.93.